The van der Waals surface area contributed by atoms with Crippen molar-refractivity contribution < 1.29 is 4.79 Å². The summed E-state index contributed by atoms with van der Waals surface area (Å²) in [5.74, 6) is 0.863. The first kappa shape index (κ1) is 24.1. The highest BCUT2D eigenvalue weighted by molar-refractivity contribution is 8.15. The largest absolute Gasteiger partial charge is 0.326 e. The maximum Gasteiger partial charge on any atom is 0.302 e. The third-order valence-corrected chi connectivity index (χ3v) is 7.49. The van der Waals surface area contributed by atoms with E-state index in [-0.39, 0.29) is 5.24 Å². The summed E-state index contributed by atoms with van der Waals surface area (Å²) in [6.07, 6.45) is 1.99. The van der Waals surface area contributed by atoms with Gasteiger partial charge in [0, 0.05) is 35.9 Å². The van der Waals surface area contributed by atoms with Crippen molar-refractivity contribution in [3.8, 4) is 0 Å². The SMILES string of the molecule is CCN=C(c1ccc(Cl)cc1Cl)N1CCCc2cc(C3=NN(CC)C(=O)SC3(C)C)ccc21. The molecule has 0 atom stereocenters. The van der Waals surface area contributed by atoms with Crippen LogP contribution in [0.2, 0.25) is 10.0 Å². The number of hydrogen-bond acceptors (Lipinski definition) is 4. The maximum atomic E-state index is 12.4. The van der Waals surface area contributed by atoms with E-state index in [1.165, 1.54) is 17.3 Å². The van der Waals surface area contributed by atoms with Crippen LogP contribution >= 0.6 is 35.0 Å². The number of benzene rings is 2. The normalized spacial score (nSPS) is 18.3. The Labute approximate surface area is 209 Å². The molecule has 4 rings (SSSR count). The molecule has 2 heterocycles. The molecule has 33 heavy (non-hydrogen) atoms. The first-order chi connectivity index (χ1) is 15.7. The predicted molar refractivity (Wildman–Crippen MR) is 142 cm³/mol. The van der Waals surface area contributed by atoms with Crippen molar-refractivity contribution in [3.05, 3.63) is 63.1 Å². The van der Waals surface area contributed by atoms with Crippen LogP contribution in [0.1, 0.15) is 50.8 Å². The van der Waals surface area contributed by atoms with Crippen LogP contribution < -0.4 is 4.90 Å². The Bertz CT molecular complexity index is 1150. The average molecular weight is 503 g/mol. The number of thioether (sulfide) groups is 1. The number of carbonyl (C=O) groups is 1. The molecule has 0 bridgehead atoms. The van der Waals surface area contributed by atoms with E-state index >= 15 is 0 Å². The van der Waals surface area contributed by atoms with Gasteiger partial charge in [-0.15, -0.1) is 0 Å². The molecule has 2 aliphatic rings. The van der Waals surface area contributed by atoms with Gasteiger partial charge in [-0.2, -0.15) is 5.10 Å². The summed E-state index contributed by atoms with van der Waals surface area (Å²) in [6.45, 7) is 10.2. The molecule has 2 aromatic rings. The number of aryl methyl sites for hydroxylation is 1. The number of hydrazone groups is 1. The Morgan fingerprint density at radius 2 is 1.97 bits per heavy atom. The lowest BCUT2D eigenvalue weighted by Gasteiger charge is -2.35. The van der Waals surface area contributed by atoms with E-state index in [1.807, 2.05) is 26.0 Å². The smallest absolute Gasteiger partial charge is 0.302 e. The second-order valence-electron chi connectivity index (χ2n) is 8.56. The number of rotatable bonds is 4. The summed E-state index contributed by atoms with van der Waals surface area (Å²) in [4.78, 5) is 19.4. The summed E-state index contributed by atoms with van der Waals surface area (Å²) >= 11 is 14.0. The van der Waals surface area contributed by atoms with Crippen LogP contribution in [-0.4, -0.2) is 46.2 Å². The van der Waals surface area contributed by atoms with E-state index in [2.05, 4.69) is 36.9 Å². The van der Waals surface area contributed by atoms with Crippen LogP contribution in [0.15, 0.2) is 46.5 Å². The van der Waals surface area contributed by atoms with Crippen molar-refractivity contribution in [1.82, 2.24) is 5.01 Å². The van der Waals surface area contributed by atoms with Crippen molar-refractivity contribution >= 4 is 57.4 Å². The fourth-order valence-corrected chi connectivity index (χ4v) is 5.77. The Morgan fingerprint density at radius 1 is 1.18 bits per heavy atom. The van der Waals surface area contributed by atoms with Crippen LogP contribution in [0, 0.1) is 0 Å². The predicted octanol–water partition coefficient (Wildman–Crippen LogP) is 6.88. The quantitative estimate of drug-likeness (QED) is 0.337. The number of hydrogen-bond donors (Lipinski definition) is 0. The zero-order chi connectivity index (χ0) is 23.8. The van der Waals surface area contributed by atoms with Gasteiger partial charge < -0.3 is 4.90 Å². The van der Waals surface area contributed by atoms with Gasteiger partial charge >= 0.3 is 5.24 Å². The van der Waals surface area contributed by atoms with Crippen molar-refractivity contribution in [3.63, 3.8) is 0 Å². The molecule has 0 spiro atoms. The Kier molecular flexibility index (Phi) is 7.08. The highest BCUT2D eigenvalue weighted by atomic mass is 35.5. The molecule has 0 unspecified atom stereocenters. The molecular weight excluding hydrogens is 475 g/mol. The summed E-state index contributed by atoms with van der Waals surface area (Å²) < 4.78 is -0.392. The Balaban J connectivity index is 1.76. The van der Waals surface area contributed by atoms with Crippen molar-refractivity contribution in [2.45, 2.75) is 45.3 Å². The molecule has 1 amide bonds. The molecule has 0 saturated heterocycles. The zero-order valence-corrected chi connectivity index (χ0v) is 21.7. The van der Waals surface area contributed by atoms with Crippen LogP contribution in [-0.2, 0) is 6.42 Å². The molecule has 0 fully saturated rings. The van der Waals surface area contributed by atoms with E-state index < -0.39 is 4.75 Å². The Morgan fingerprint density at radius 3 is 2.67 bits per heavy atom. The minimum absolute atomic E-state index is 0.00403. The topological polar surface area (TPSA) is 48.3 Å². The van der Waals surface area contributed by atoms with Gasteiger partial charge in [0.2, 0.25) is 0 Å². The Hall–Kier alpha value is -2.02. The van der Waals surface area contributed by atoms with Gasteiger partial charge in [-0.1, -0.05) is 41.0 Å². The summed E-state index contributed by atoms with van der Waals surface area (Å²) in [6, 6.07) is 12.0. The lowest BCUT2D eigenvalue weighted by molar-refractivity contribution is 0.226. The van der Waals surface area contributed by atoms with Gasteiger partial charge in [0.05, 0.1) is 15.5 Å². The third-order valence-electron chi connectivity index (χ3n) is 5.85. The number of anilines is 1. The van der Waals surface area contributed by atoms with Crippen molar-refractivity contribution in [1.29, 1.82) is 0 Å². The summed E-state index contributed by atoms with van der Waals surface area (Å²) in [5, 5.41) is 7.46. The second kappa shape index (κ2) is 9.69. The number of halogens is 2. The molecule has 0 aromatic heterocycles. The number of aliphatic imine (C=N–C) groups is 1. The van der Waals surface area contributed by atoms with Crippen LogP contribution in [0.5, 0.6) is 0 Å². The molecule has 2 aliphatic heterocycles. The number of amidine groups is 1. The van der Waals surface area contributed by atoms with Crippen molar-refractivity contribution in [2.75, 3.05) is 24.5 Å². The molecule has 5 nitrogen and oxygen atoms in total. The highest BCUT2D eigenvalue weighted by Gasteiger charge is 2.37. The molecule has 0 aliphatic carbocycles. The van der Waals surface area contributed by atoms with Gasteiger partial charge in [-0.05, 0) is 82.0 Å². The van der Waals surface area contributed by atoms with Gasteiger partial charge in [-0.3, -0.25) is 9.79 Å². The minimum atomic E-state index is -0.392. The van der Waals surface area contributed by atoms with Gasteiger partial charge in [-0.25, -0.2) is 5.01 Å². The van der Waals surface area contributed by atoms with E-state index in [4.69, 9.17) is 33.3 Å². The standard InChI is InChI=1S/C25H28Cl2N4OS/c1-5-28-23(19-11-10-18(26)15-20(19)27)30-13-7-8-16-14-17(9-12-21(16)30)22-25(3,4)33-24(32)31(6-2)29-22/h9-12,14-15H,5-8,13H2,1-4H3. The second-order valence-corrected chi connectivity index (χ2v) is 11.0. The fourth-order valence-electron chi connectivity index (χ4n) is 4.31. The lowest BCUT2D eigenvalue weighted by Crippen LogP contribution is -2.41. The van der Waals surface area contributed by atoms with Crippen LogP contribution in [0.4, 0.5) is 10.5 Å². The average Bonchev–Trinajstić information content (AvgIpc) is 2.77. The van der Waals surface area contributed by atoms with E-state index in [9.17, 15) is 4.79 Å². The van der Waals surface area contributed by atoms with E-state index in [0.717, 1.165) is 47.7 Å². The highest BCUT2D eigenvalue weighted by Crippen LogP contribution is 2.38. The molecule has 0 saturated carbocycles. The molecule has 0 radical (unpaired) electrons. The number of carbonyl (C=O) groups excluding carboxylic acids is 1. The van der Waals surface area contributed by atoms with Gasteiger partial charge in [0.25, 0.3) is 0 Å². The number of amides is 1. The third kappa shape index (κ3) is 4.79. The molecule has 2 aromatic carbocycles. The molecular formula is C25H28Cl2N4OS. The van der Waals surface area contributed by atoms with Crippen LogP contribution in [0.3, 0.4) is 0 Å². The minimum Gasteiger partial charge on any atom is -0.326 e. The molecule has 8 heteroatoms. The van der Waals surface area contributed by atoms with Gasteiger partial charge in [0.1, 0.15) is 5.84 Å². The summed E-state index contributed by atoms with van der Waals surface area (Å²) in [5.41, 5.74) is 5.24. The first-order valence-corrected chi connectivity index (χ1v) is 12.8. The number of nitrogens with zero attached hydrogens (tertiary/aromatic N) is 4. The number of fused-ring (bicyclic) bond motifs is 1. The van der Waals surface area contributed by atoms with Crippen LogP contribution in [0.25, 0.3) is 0 Å². The maximum absolute atomic E-state index is 12.4. The van der Waals surface area contributed by atoms with E-state index in [0.29, 0.717) is 23.1 Å². The van der Waals surface area contributed by atoms with E-state index in [1.54, 1.807) is 11.1 Å². The molecule has 0 N–H and O–H groups in total. The summed E-state index contributed by atoms with van der Waals surface area (Å²) in [7, 11) is 0. The van der Waals surface area contributed by atoms with Gasteiger partial charge in [0.15, 0.2) is 0 Å². The monoisotopic (exact) mass is 502 g/mol. The fraction of sp³-hybridized carbons (Fsp3) is 0.400. The zero-order valence-electron chi connectivity index (χ0n) is 19.4. The first-order valence-electron chi connectivity index (χ1n) is 11.3. The van der Waals surface area contributed by atoms with Crippen molar-refractivity contribution in [2.24, 2.45) is 10.1 Å². The molecule has 174 valence electrons. The lowest BCUT2D eigenvalue weighted by atomic mass is 9.93.